The van der Waals surface area contributed by atoms with Gasteiger partial charge in [-0.3, -0.25) is 0 Å². The summed E-state index contributed by atoms with van der Waals surface area (Å²) in [5.74, 6) is -0.218. The predicted octanol–water partition coefficient (Wildman–Crippen LogP) is 2.88. The monoisotopic (exact) mass is 277 g/mol. The summed E-state index contributed by atoms with van der Waals surface area (Å²) in [6, 6.07) is 6.79. The van der Waals surface area contributed by atoms with E-state index in [0.29, 0.717) is 6.04 Å². The molecule has 3 rings (SSSR count). The highest BCUT2D eigenvalue weighted by molar-refractivity contribution is 7.14. The third-order valence-corrected chi connectivity index (χ3v) is 4.34. The van der Waals surface area contributed by atoms with Crippen molar-refractivity contribution >= 4 is 16.5 Å². The number of piperidine rings is 1. The summed E-state index contributed by atoms with van der Waals surface area (Å²) in [7, 11) is 0. The van der Waals surface area contributed by atoms with Crippen LogP contribution in [-0.4, -0.2) is 24.1 Å². The Balaban J connectivity index is 1.77. The SMILES string of the molecule is NC1CCN(c2nc(-c3ccc(F)cc3)cs2)CC1. The highest BCUT2D eigenvalue weighted by Crippen LogP contribution is 2.29. The molecule has 0 unspecified atom stereocenters. The molecule has 3 nitrogen and oxygen atoms in total. The van der Waals surface area contributed by atoms with Crippen LogP contribution in [0.2, 0.25) is 0 Å². The minimum atomic E-state index is -0.218. The topological polar surface area (TPSA) is 42.1 Å². The number of hydrogen-bond donors (Lipinski definition) is 1. The Morgan fingerprint density at radius 3 is 2.58 bits per heavy atom. The minimum Gasteiger partial charge on any atom is -0.348 e. The maximum atomic E-state index is 12.9. The molecular weight excluding hydrogens is 261 g/mol. The second-order valence-electron chi connectivity index (χ2n) is 4.85. The lowest BCUT2D eigenvalue weighted by Crippen LogP contribution is -2.39. The zero-order chi connectivity index (χ0) is 13.2. The van der Waals surface area contributed by atoms with E-state index in [9.17, 15) is 4.39 Å². The Kier molecular flexibility index (Phi) is 3.48. The fourth-order valence-corrected chi connectivity index (χ4v) is 3.14. The van der Waals surface area contributed by atoms with Gasteiger partial charge in [-0.1, -0.05) is 0 Å². The van der Waals surface area contributed by atoms with Crippen LogP contribution in [0.5, 0.6) is 0 Å². The lowest BCUT2D eigenvalue weighted by atomic mass is 10.1. The lowest BCUT2D eigenvalue weighted by molar-refractivity contribution is 0.501. The van der Waals surface area contributed by atoms with E-state index in [4.69, 9.17) is 5.73 Å². The summed E-state index contributed by atoms with van der Waals surface area (Å²) in [4.78, 5) is 6.92. The number of aromatic nitrogens is 1. The molecule has 100 valence electrons. The summed E-state index contributed by atoms with van der Waals surface area (Å²) in [6.07, 6.45) is 2.04. The first kappa shape index (κ1) is 12.6. The molecule has 19 heavy (non-hydrogen) atoms. The molecule has 1 aliphatic rings. The van der Waals surface area contributed by atoms with Crippen molar-refractivity contribution in [1.29, 1.82) is 0 Å². The van der Waals surface area contributed by atoms with E-state index >= 15 is 0 Å². The van der Waals surface area contributed by atoms with E-state index in [0.717, 1.165) is 42.3 Å². The largest absolute Gasteiger partial charge is 0.348 e. The van der Waals surface area contributed by atoms with Gasteiger partial charge >= 0.3 is 0 Å². The number of thiazole rings is 1. The van der Waals surface area contributed by atoms with Crippen LogP contribution in [0, 0.1) is 5.82 Å². The van der Waals surface area contributed by atoms with Crippen molar-refractivity contribution in [2.75, 3.05) is 18.0 Å². The van der Waals surface area contributed by atoms with Crippen molar-refractivity contribution in [3.05, 3.63) is 35.5 Å². The first-order valence-electron chi connectivity index (χ1n) is 6.44. The maximum absolute atomic E-state index is 12.9. The summed E-state index contributed by atoms with van der Waals surface area (Å²) in [6.45, 7) is 1.94. The van der Waals surface area contributed by atoms with E-state index < -0.39 is 0 Å². The van der Waals surface area contributed by atoms with Gasteiger partial charge in [-0.15, -0.1) is 11.3 Å². The molecule has 1 fully saturated rings. The van der Waals surface area contributed by atoms with Gasteiger partial charge in [0.1, 0.15) is 5.82 Å². The van der Waals surface area contributed by atoms with Crippen molar-refractivity contribution < 1.29 is 4.39 Å². The summed E-state index contributed by atoms with van der Waals surface area (Å²) < 4.78 is 12.9. The van der Waals surface area contributed by atoms with Gasteiger partial charge in [-0.2, -0.15) is 0 Å². The average molecular weight is 277 g/mol. The number of halogens is 1. The highest BCUT2D eigenvalue weighted by Gasteiger charge is 2.18. The molecule has 1 aromatic heterocycles. The van der Waals surface area contributed by atoms with E-state index in [1.165, 1.54) is 12.1 Å². The van der Waals surface area contributed by atoms with E-state index in [2.05, 4.69) is 9.88 Å². The smallest absolute Gasteiger partial charge is 0.185 e. The fraction of sp³-hybridized carbons (Fsp3) is 0.357. The predicted molar refractivity (Wildman–Crippen MR) is 76.9 cm³/mol. The molecule has 0 radical (unpaired) electrons. The zero-order valence-electron chi connectivity index (χ0n) is 10.6. The van der Waals surface area contributed by atoms with Gasteiger partial charge in [0.15, 0.2) is 5.13 Å². The summed E-state index contributed by atoms with van der Waals surface area (Å²) in [5.41, 5.74) is 7.77. The first-order valence-corrected chi connectivity index (χ1v) is 7.32. The number of hydrogen-bond acceptors (Lipinski definition) is 4. The average Bonchev–Trinajstić information content (AvgIpc) is 2.90. The second-order valence-corrected chi connectivity index (χ2v) is 5.68. The van der Waals surface area contributed by atoms with E-state index in [-0.39, 0.29) is 5.82 Å². The first-order chi connectivity index (χ1) is 9.22. The van der Waals surface area contributed by atoms with Crippen molar-refractivity contribution in [3.63, 3.8) is 0 Å². The molecule has 0 aliphatic carbocycles. The molecule has 0 bridgehead atoms. The van der Waals surface area contributed by atoms with Crippen molar-refractivity contribution in [2.45, 2.75) is 18.9 Å². The maximum Gasteiger partial charge on any atom is 0.185 e. The van der Waals surface area contributed by atoms with Crippen LogP contribution < -0.4 is 10.6 Å². The third-order valence-electron chi connectivity index (χ3n) is 3.44. The lowest BCUT2D eigenvalue weighted by Gasteiger charge is -2.29. The van der Waals surface area contributed by atoms with Gasteiger partial charge in [0, 0.05) is 30.1 Å². The number of nitrogens with two attached hydrogens (primary N) is 1. The standard InChI is InChI=1S/C14H16FN3S/c15-11-3-1-10(2-4-11)13-9-19-14(17-13)18-7-5-12(16)6-8-18/h1-4,9,12H,5-8,16H2. The normalized spacial score (nSPS) is 16.8. The van der Waals surface area contributed by atoms with Gasteiger partial charge in [0.25, 0.3) is 0 Å². The van der Waals surface area contributed by atoms with E-state index in [1.807, 2.05) is 5.38 Å². The highest BCUT2D eigenvalue weighted by atomic mass is 32.1. The van der Waals surface area contributed by atoms with E-state index in [1.54, 1.807) is 23.5 Å². The Hall–Kier alpha value is -1.46. The van der Waals surface area contributed by atoms with Crippen LogP contribution in [0.15, 0.2) is 29.6 Å². The molecular formula is C14H16FN3S. The molecule has 1 saturated heterocycles. The van der Waals surface area contributed by atoms with Crippen LogP contribution >= 0.6 is 11.3 Å². The molecule has 2 aromatic rings. The minimum absolute atomic E-state index is 0.218. The van der Waals surface area contributed by atoms with Gasteiger partial charge in [0.05, 0.1) is 5.69 Å². The molecule has 2 heterocycles. The molecule has 0 amide bonds. The number of anilines is 1. The molecule has 0 atom stereocenters. The van der Waals surface area contributed by atoms with Crippen molar-refractivity contribution in [1.82, 2.24) is 4.98 Å². The summed E-state index contributed by atoms with van der Waals surface area (Å²) in [5, 5.41) is 3.06. The van der Waals surface area contributed by atoms with Gasteiger partial charge in [0.2, 0.25) is 0 Å². The zero-order valence-corrected chi connectivity index (χ0v) is 11.4. The number of benzene rings is 1. The summed E-state index contributed by atoms with van der Waals surface area (Å²) >= 11 is 1.64. The van der Waals surface area contributed by atoms with Crippen molar-refractivity contribution in [3.8, 4) is 11.3 Å². The molecule has 1 aromatic carbocycles. The quantitative estimate of drug-likeness (QED) is 0.917. The third kappa shape index (κ3) is 2.77. The van der Waals surface area contributed by atoms with Crippen LogP contribution in [0.4, 0.5) is 9.52 Å². The molecule has 1 aliphatic heterocycles. The van der Waals surface area contributed by atoms with Crippen LogP contribution in [0.1, 0.15) is 12.8 Å². The Bertz CT molecular complexity index is 544. The van der Waals surface area contributed by atoms with Gasteiger partial charge < -0.3 is 10.6 Å². The molecule has 0 spiro atoms. The van der Waals surface area contributed by atoms with Gasteiger partial charge in [-0.25, -0.2) is 9.37 Å². The number of nitrogens with zero attached hydrogens (tertiary/aromatic N) is 2. The molecule has 2 N–H and O–H groups in total. The van der Waals surface area contributed by atoms with Crippen molar-refractivity contribution in [2.24, 2.45) is 5.73 Å². The Labute approximate surface area is 115 Å². The second kappa shape index (κ2) is 5.27. The van der Waals surface area contributed by atoms with Gasteiger partial charge in [-0.05, 0) is 37.1 Å². The van der Waals surface area contributed by atoms with Crippen LogP contribution in [-0.2, 0) is 0 Å². The Morgan fingerprint density at radius 2 is 1.89 bits per heavy atom. The van der Waals surface area contributed by atoms with Crippen LogP contribution in [0.3, 0.4) is 0 Å². The fourth-order valence-electron chi connectivity index (χ4n) is 2.25. The Morgan fingerprint density at radius 1 is 1.21 bits per heavy atom. The van der Waals surface area contributed by atoms with Crippen LogP contribution in [0.25, 0.3) is 11.3 Å². The molecule has 5 heteroatoms. The molecule has 0 saturated carbocycles. The number of rotatable bonds is 2.